The first-order valence-corrected chi connectivity index (χ1v) is 8.19. The van der Waals surface area contributed by atoms with Crippen LogP contribution in [0.4, 0.5) is 0 Å². The molecule has 1 heterocycles. The van der Waals surface area contributed by atoms with E-state index in [1.54, 1.807) is 0 Å². The van der Waals surface area contributed by atoms with Crippen LogP contribution in [0.5, 0.6) is 0 Å². The fourth-order valence-corrected chi connectivity index (χ4v) is 2.60. The van der Waals surface area contributed by atoms with E-state index in [-0.39, 0.29) is 0 Å². The third-order valence-corrected chi connectivity index (χ3v) is 3.94. The summed E-state index contributed by atoms with van der Waals surface area (Å²) < 4.78 is 11.3. The van der Waals surface area contributed by atoms with E-state index in [9.17, 15) is 0 Å². The lowest BCUT2D eigenvalue weighted by atomic mass is 10.2. The predicted octanol–water partition coefficient (Wildman–Crippen LogP) is 3.17. The van der Waals surface area contributed by atoms with Gasteiger partial charge in [-0.1, -0.05) is 0 Å². The highest BCUT2D eigenvalue weighted by atomic mass is 16.5. The molecule has 120 valence electrons. The number of furan rings is 1. The van der Waals surface area contributed by atoms with Crippen molar-refractivity contribution in [2.45, 2.75) is 71.8 Å². The van der Waals surface area contributed by atoms with Gasteiger partial charge in [-0.3, -0.25) is 4.90 Å². The molecule has 0 aliphatic heterocycles. The van der Waals surface area contributed by atoms with E-state index in [0.29, 0.717) is 18.7 Å². The first-order valence-electron chi connectivity index (χ1n) is 8.19. The quantitative estimate of drug-likeness (QED) is 0.673. The third kappa shape index (κ3) is 5.81. The molecule has 0 atom stereocenters. The van der Waals surface area contributed by atoms with Crippen molar-refractivity contribution in [1.82, 2.24) is 10.2 Å². The zero-order chi connectivity index (χ0) is 15.2. The largest absolute Gasteiger partial charge is 0.467 e. The Morgan fingerprint density at radius 2 is 2.00 bits per heavy atom. The molecule has 0 bridgehead atoms. The van der Waals surface area contributed by atoms with Gasteiger partial charge in [0.05, 0.1) is 12.9 Å². The van der Waals surface area contributed by atoms with Gasteiger partial charge in [0.2, 0.25) is 0 Å². The Balaban J connectivity index is 1.63. The Labute approximate surface area is 128 Å². The van der Waals surface area contributed by atoms with Crippen LogP contribution in [0.2, 0.25) is 0 Å². The lowest BCUT2D eigenvalue weighted by Gasteiger charge is -2.30. The Bertz CT molecular complexity index is 403. The number of nitrogens with one attached hydrogen (secondary N) is 1. The number of hydrogen-bond acceptors (Lipinski definition) is 4. The Hall–Kier alpha value is -0.840. The van der Waals surface area contributed by atoms with Crippen molar-refractivity contribution in [3.05, 3.63) is 23.7 Å². The standard InChI is InChI=1S/C17H30N2O2/c1-13(2)19(14(3)4)7-8-20-12-17-9-15(11-21-17)10-18-16-5-6-16/h9,11,13-14,16,18H,5-8,10,12H2,1-4H3. The SMILES string of the molecule is CC(C)N(CCOCc1cc(CNC2CC2)co1)C(C)C. The fraction of sp³-hybridized carbons (Fsp3) is 0.765. The van der Waals surface area contributed by atoms with Crippen LogP contribution in [-0.2, 0) is 17.9 Å². The van der Waals surface area contributed by atoms with Crippen LogP contribution in [-0.4, -0.2) is 36.2 Å². The second-order valence-corrected chi connectivity index (χ2v) is 6.55. The summed E-state index contributed by atoms with van der Waals surface area (Å²) in [6.07, 6.45) is 4.47. The average molecular weight is 294 g/mol. The maximum absolute atomic E-state index is 5.75. The molecule has 0 amide bonds. The number of ether oxygens (including phenoxy) is 1. The molecule has 1 saturated carbocycles. The molecule has 1 aromatic rings. The van der Waals surface area contributed by atoms with E-state index in [1.165, 1.54) is 18.4 Å². The molecule has 0 aromatic carbocycles. The minimum Gasteiger partial charge on any atom is -0.467 e. The summed E-state index contributed by atoms with van der Waals surface area (Å²) in [5, 5.41) is 3.49. The molecule has 0 saturated heterocycles. The fourth-order valence-electron chi connectivity index (χ4n) is 2.60. The molecular weight excluding hydrogens is 264 g/mol. The van der Waals surface area contributed by atoms with Crippen LogP contribution in [0.1, 0.15) is 51.9 Å². The molecule has 1 aromatic heterocycles. The van der Waals surface area contributed by atoms with Crippen molar-refractivity contribution < 1.29 is 9.15 Å². The van der Waals surface area contributed by atoms with Crippen molar-refractivity contribution in [2.24, 2.45) is 0 Å². The van der Waals surface area contributed by atoms with Crippen LogP contribution in [0.25, 0.3) is 0 Å². The molecule has 0 unspecified atom stereocenters. The molecular formula is C17H30N2O2. The van der Waals surface area contributed by atoms with Gasteiger partial charge < -0.3 is 14.5 Å². The first kappa shape index (κ1) is 16.5. The van der Waals surface area contributed by atoms with Gasteiger partial charge in [0, 0.05) is 36.8 Å². The number of nitrogens with zero attached hydrogens (tertiary/aromatic N) is 1. The molecule has 1 fully saturated rings. The molecule has 1 N–H and O–H groups in total. The predicted molar refractivity (Wildman–Crippen MR) is 85.2 cm³/mol. The summed E-state index contributed by atoms with van der Waals surface area (Å²) in [6.45, 7) is 12.1. The van der Waals surface area contributed by atoms with Crippen molar-refractivity contribution in [3.63, 3.8) is 0 Å². The van der Waals surface area contributed by atoms with Gasteiger partial charge in [0.15, 0.2) is 0 Å². The second kappa shape index (κ2) is 7.97. The molecule has 0 radical (unpaired) electrons. The molecule has 1 aliphatic rings. The maximum atomic E-state index is 5.75. The van der Waals surface area contributed by atoms with Crippen LogP contribution < -0.4 is 5.32 Å². The van der Waals surface area contributed by atoms with Crippen LogP contribution >= 0.6 is 0 Å². The third-order valence-electron chi connectivity index (χ3n) is 3.94. The van der Waals surface area contributed by atoms with Gasteiger partial charge in [-0.15, -0.1) is 0 Å². The summed E-state index contributed by atoms with van der Waals surface area (Å²) in [5.41, 5.74) is 1.21. The molecule has 21 heavy (non-hydrogen) atoms. The number of rotatable bonds is 10. The lowest BCUT2D eigenvalue weighted by molar-refractivity contribution is 0.0621. The highest BCUT2D eigenvalue weighted by Gasteiger charge is 2.20. The van der Waals surface area contributed by atoms with Crippen LogP contribution in [0.3, 0.4) is 0 Å². The Kier molecular flexibility index (Phi) is 6.27. The zero-order valence-electron chi connectivity index (χ0n) is 13.9. The van der Waals surface area contributed by atoms with Gasteiger partial charge in [-0.2, -0.15) is 0 Å². The monoisotopic (exact) mass is 294 g/mol. The minimum atomic E-state index is 0.553. The van der Waals surface area contributed by atoms with E-state index in [2.05, 4.69) is 44.0 Å². The van der Waals surface area contributed by atoms with Crippen molar-refractivity contribution in [2.75, 3.05) is 13.2 Å². The van der Waals surface area contributed by atoms with E-state index in [4.69, 9.17) is 9.15 Å². The second-order valence-electron chi connectivity index (χ2n) is 6.55. The van der Waals surface area contributed by atoms with E-state index >= 15 is 0 Å². The molecule has 2 rings (SSSR count). The van der Waals surface area contributed by atoms with Gasteiger partial charge in [-0.05, 0) is 46.6 Å². The van der Waals surface area contributed by atoms with Gasteiger partial charge in [-0.25, -0.2) is 0 Å². The zero-order valence-corrected chi connectivity index (χ0v) is 13.9. The summed E-state index contributed by atoms with van der Waals surface area (Å²) >= 11 is 0. The van der Waals surface area contributed by atoms with Crippen molar-refractivity contribution in [3.8, 4) is 0 Å². The highest BCUT2D eigenvalue weighted by molar-refractivity contribution is 5.12. The summed E-state index contributed by atoms with van der Waals surface area (Å²) in [5.74, 6) is 0.920. The lowest BCUT2D eigenvalue weighted by Crippen LogP contribution is -2.39. The molecule has 0 spiro atoms. The Morgan fingerprint density at radius 1 is 1.29 bits per heavy atom. The van der Waals surface area contributed by atoms with Crippen molar-refractivity contribution in [1.29, 1.82) is 0 Å². The summed E-state index contributed by atoms with van der Waals surface area (Å²) in [4.78, 5) is 2.44. The summed E-state index contributed by atoms with van der Waals surface area (Å²) in [7, 11) is 0. The number of hydrogen-bond donors (Lipinski definition) is 1. The minimum absolute atomic E-state index is 0.553. The highest BCUT2D eigenvalue weighted by Crippen LogP contribution is 2.19. The normalized spacial score (nSPS) is 15.6. The molecule has 4 heteroatoms. The maximum Gasteiger partial charge on any atom is 0.129 e. The van der Waals surface area contributed by atoms with E-state index < -0.39 is 0 Å². The van der Waals surface area contributed by atoms with E-state index in [1.807, 2.05) is 6.26 Å². The molecule has 1 aliphatic carbocycles. The van der Waals surface area contributed by atoms with E-state index in [0.717, 1.165) is 31.5 Å². The first-order chi connectivity index (χ1) is 10.1. The Morgan fingerprint density at radius 3 is 2.62 bits per heavy atom. The topological polar surface area (TPSA) is 37.6 Å². The van der Waals surface area contributed by atoms with Crippen LogP contribution in [0, 0.1) is 0 Å². The van der Waals surface area contributed by atoms with Gasteiger partial charge >= 0.3 is 0 Å². The van der Waals surface area contributed by atoms with Crippen LogP contribution in [0.15, 0.2) is 16.7 Å². The molecule has 4 nitrogen and oxygen atoms in total. The van der Waals surface area contributed by atoms with Gasteiger partial charge in [0.1, 0.15) is 12.4 Å². The smallest absolute Gasteiger partial charge is 0.129 e. The van der Waals surface area contributed by atoms with Crippen molar-refractivity contribution >= 4 is 0 Å². The van der Waals surface area contributed by atoms with Gasteiger partial charge in [0.25, 0.3) is 0 Å². The average Bonchev–Trinajstić information content (AvgIpc) is 3.14. The summed E-state index contributed by atoms with van der Waals surface area (Å²) in [6, 6.07) is 3.94.